The molecule has 3 aromatic rings. The van der Waals surface area contributed by atoms with Crippen LogP contribution in [-0.2, 0) is 4.79 Å². The van der Waals surface area contributed by atoms with Crippen LogP contribution in [0.5, 0.6) is 11.5 Å². The Labute approximate surface area is 161 Å². The second kappa shape index (κ2) is 7.58. The first-order valence-electron chi connectivity index (χ1n) is 9.03. The van der Waals surface area contributed by atoms with E-state index in [2.05, 4.69) is 6.07 Å². The number of aromatic hydroxyl groups is 1. The first kappa shape index (κ1) is 17.8. The summed E-state index contributed by atoms with van der Waals surface area (Å²) in [5, 5.41) is 19.9. The third-order valence-corrected chi connectivity index (χ3v) is 6.09. The Morgan fingerprint density at radius 3 is 2.78 bits per heavy atom. The van der Waals surface area contributed by atoms with E-state index in [-0.39, 0.29) is 11.8 Å². The van der Waals surface area contributed by atoms with Gasteiger partial charge in [-0.05, 0) is 78.9 Å². The second-order valence-electron chi connectivity index (χ2n) is 6.74. The van der Waals surface area contributed by atoms with Crippen molar-refractivity contribution in [2.24, 2.45) is 0 Å². The predicted octanol–water partition coefficient (Wildman–Crippen LogP) is 4.20. The predicted molar refractivity (Wildman–Crippen MR) is 107 cm³/mol. The lowest BCUT2D eigenvalue weighted by Gasteiger charge is -2.20. The molecule has 1 atom stereocenters. The number of aliphatic carboxylic acids is 1. The van der Waals surface area contributed by atoms with Gasteiger partial charge in [0.15, 0.2) is 0 Å². The molecule has 1 unspecified atom stereocenters. The van der Waals surface area contributed by atoms with E-state index in [9.17, 15) is 15.0 Å². The topological polar surface area (TPSA) is 70.0 Å². The molecule has 6 heteroatoms. The fourth-order valence-electron chi connectivity index (χ4n) is 3.53. The van der Waals surface area contributed by atoms with Crippen LogP contribution in [0.2, 0.25) is 0 Å². The molecular weight excluding hydrogens is 362 g/mol. The van der Waals surface area contributed by atoms with Gasteiger partial charge in [-0.25, -0.2) is 0 Å². The molecule has 0 aliphatic carbocycles. The van der Waals surface area contributed by atoms with Gasteiger partial charge >= 0.3 is 5.97 Å². The normalized spacial score (nSPS) is 17.4. The molecule has 140 valence electrons. The van der Waals surface area contributed by atoms with Crippen LogP contribution in [0.15, 0.2) is 48.5 Å². The van der Waals surface area contributed by atoms with Gasteiger partial charge < -0.3 is 14.9 Å². The van der Waals surface area contributed by atoms with Crippen molar-refractivity contribution in [1.29, 1.82) is 0 Å². The number of nitrogens with zero attached hydrogens (tertiary/aromatic N) is 1. The van der Waals surface area contributed by atoms with Gasteiger partial charge in [0, 0.05) is 16.1 Å². The number of fused-ring (bicyclic) bond motifs is 1. The van der Waals surface area contributed by atoms with Crippen molar-refractivity contribution in [2.45, 2.75) is 18.9 Å². The van der Waals surface area contributed by atoms with Gasteiger partial charge in [-0.15, -0.1) is 11.3 Å². The van der Waals surface area contributed by atoms with Crippen LogP contribution in [-0.4, -0.2) is 46.8 Å². The first-order valence-corrected chi connectivity index (χ1v) is 9.84. The van der Waals surface area contributed by atoms with E-state index >= 15 is 0 Å². The van der Waals surface area contributed by atoms with Crippen LogP contribution in [0.3, 0.4) is 0 Å². The van der Waals surface area contributed by atoms with Crippen LogP contribution in [0.25, 0.3) is 20.5 Å². The molecule has 2 aromatic carbocycles. The fourth-order valence-corrected chi connectivity index (χ4v) is 4.63. The van der Waals surface area contributed by atoms with E-state index in [0.29, 0.717) is 13.2 Å². The maximum absolute atomic E-state index is 11.2. The monoisotopic (exact) mass is 383 g/mol. The Morgan fingerprint density at radius 2 is 2.00 bits per heavy atom. The number of hydrogen-bond acceptors (Lipinski definition) is 5. The Morgan fingerprint density at radius 1 is 1.19 bits per heavy atom. The minimum atomic E-state index is -0.742. The number of benzene rings is 2. The summed E-state index contributed by atoms with van der Waals surface area (Å²) in [6.45, 7) is 1.92. The number of carboxylic acid groups (broad SMARTS) is 1. The maximum Gasteiger partial charge on any atom is 0.320 e. The molecule has 1 aliphatic heterocycles. The zero-order valence-electron chi connectivity index (χ0n) is 14.8. The molecule has 5 nitrogen and oxygen atoms in total. The van der Waals surface area contributed by atoms with Crippen LogP contribution in [0, 0.1) is 0 Å². The van der Waals surface area contributed by atoms with E-state index in [0.717, 1.165) is 45.7 Å². The molecule has 2 N–H and O–H groups in total. The van der Waals surface area contributed by atoms with E-state index in [1.807, 2.05) is 35.2 Å². The zero-order valence-corrected chi connectivity index (χ0v) is 15.6. The molecule has 0 saturated carbocycles. The van der Waals surface area contributed by atoms with Gasteiger partial charge in [-0.3, -0.25) is 9.69 Å². The largest absolute Gasteiger partial charge is 0.508 e. The average molecular weight is 383 g/mol. The van der Waals surface area contributed by atoms with Crippen LogP contribution in [0.1, 0.15) is 12.8 Å². The maximum atomic E-state index is 11.2. The Hall–Kier alpha value is -2.57. The highest BCUT2D eigenvalue weighted by Gasteiger charge is 2.29. The number of rotatable bonds is 6. The van der Waals surface area contributed by atoms with Crippen molar-refractivity contribution in [1.82, 2.24) is 4.90 Å². The Balaban J connectivity index is 1.38. The summed E-state index contributed by atoms with van der Waals surface area (Å²) in [5.41, 5.74) is 1.11. The highest BCUT2D eigenvalue weighted by atomic mass is 32.1. The molecule has 1 saturated heterocycles. The summed E-state index contributed by atoms with van der Waals surface area (Å²) in [7, 11) is 0. The summed E-state index contributed by atoms with van der Waals surface area (Å²) in [6, 6.07) is 15.1. The SMILES string of the molecule is O=C(O)C1CCCN1CCOc1ccc(-c2cc3ccc(O)cc3s2)cc1. The molecule has 1 fully saturated rings. The molecule has 1 aromatic heterocycles. The van der Waals surface area contributed by atoms with Gasteiger partial charge in [0.2, 0.25) is 0 Å². The van der Waals surface area contributed by atoms with E-state index in [4.69, 9.17) is 4.74 Å². The lowest BCUT2D eigenvalue weighted by molar-refractivity contribution is -0.142. The first-order chi connectivity index (χ1) is 13.1. The van der Waals surface area contributed by atoms with Gasteiger partial charge in [0.1, 0.15) is 24.1 Å². The second-order valence-corrected chi connectivity index (χ2v) is 7.82. The van der Waals surface area contributed by atoms with Crippen molar-refractivity contribution >= 4 is 27.4 Å². The fraction of sp³-hybridized carbons (Fsp3) is 0.286. The summed E-state index contributed by atoms with van der Waals surface area (Å²) in [5.74, 6) is 0.319. The van der Waals surface area contributed by atoms with Crippen LogP contribution >= 0.6 is 11.3 Å². The van der Waals surface area contributed by atoms with Gasteiger partial charge in [0.25, 0.3) is 0 Å². The molecule has 27 heavy (non-hydrogen) atoms. The smallest absolute Gasteiger partial charge is 0.320 e. The van der Waals surface area contributed by atoms with Gasteiger partial charge in [-0.2, -0.15) is 0 Å². The lowest BCUT2D eigenvalue weighted by atomic mass is 10.1. The van der Waals surface area contributed by atoms with E-state index in [1.165, 1.54) is 0 Å². The number of likely N-dealkylation sites (tertiary alicyclic amines) is 1. The third-order valence-electron chi connectivity index (χ3n) is 4.94. The molecule has 0 bridgehead atoms. The zero-order chi connectivity index (χ0) is 18.8. The number of carboxylic acids is 1. The number of hydrogen-bond donors (Lipinski definition) is 2. The third kappa shape index (κ3) is 3.91. The molecule has 1 aliphatic rings. The van der Waals surface area contributed by atoms with Crippen molar-refractivity contribution in [3.05, 3.63) is 48.5 Å². The van der Waals surface area contributed by atoms with Crippen molar-refractivity contribution in [3.8, 4) is 21.9 Å². The average Bonchev–Trinajstić information content (AvgIpc) is 3.28. The van der Waals surface area contributed by atoms with Crippen molar-refractivity contribution < 1.29 is 19.7 Å². The number of ether oxygens (including phenoxy) is 1. The van der Waals surface area contributed by atoms with E-state index < -0.39 is 5.97 Å². The summed E-state index contributed by atoms with van der Waals surface area (Å²) >= 11 is 1.64. The highest BCUT2D eigenvalue weighted by molar-refractivity contribution is 7.22. The molecule has 0 radical (unpaired) electrons. The number of phenols is 1. The molecule has 2 heterocycles. The Bertz CT molecular complexity index is 950. The molecular formula is C21H21NO4S. The van der Waals surface area contributed by atoms with E-state index in [1.54, 1.807) is 23.5 Å². The summed E-state index contributed by atoms with van der Waals surface area (Å²) in [4.78, 5) is 14.3. The number of carbonyl (C=O) groups is 1. The number of phenolic OH excluding ortho intramolecular Hbond substituents is 1. The van der Waals surface area contributed by atoms with Crippen molar-refractivity contribution in [2.75, 3.05) is 19.7 Å². The minimum absolute atomic E-state index is 0.280. The standard InChI is InChI=1S/C21H21NO4S/c23-16-6-3-15-12-19(27-20(15)13-16)14-4-7-17(8-5-14)26-11-10-22-9-1-2-18(22)21(24)25/h3-8,12-13,18,23H,1-2,9-11H2,(H,24,25). The lowest BCUT2D eigenvalue weighted by Crippen LogP contribution is -2.38. The molecule has 0 amide bonds. The minimum Gasteiger partial charge on any atom is -0.508 e. The summed E-state index contributed by atoms with van der Waals surface area (Å²) < 4.78 is 6.86. The Kier molecular flexibility index (Phi) is 5.01. The number of thiophene rings is 1. The van der Waals surface area contributed by atoms with Gasteiger partial charge in [-0.1, -0.05) is 0 Å². The van der Waals surface area contributed by atoms with Crippen molar-refractivity contribution in [3.63, 3.8) is 0 Å². The van der Waals surface area contributed by atoms with Crippen LogP contribution in [0.4, 0.5) is 0 Å². The quantitative estimate of drug-likeness (QED) is 0.668. The molecule has 4 rings (SSSR count). The van der Waals surface area contributed by atoms with Crippen LogP contribution < -0.4 is 4.74 Å². The van der Waals surface area contributed by atoms with Gasteiger partial charge in [0.05, 0.1) is 0 Å². The highest BCUT2D eigenvalue weighted by Crippen LogP contribution is 2.35. The molecule has 0 spiro atoms. The summed E-state index contributed by atoms with van der Waals surface area (Å²) in [6.07, 6.45) is 1.65.